The van der Waals surface area contributed by atoms with Gasteiger partial charge in [-0.2, -0.15) is 0 Å². The second-order valence-electron chi connectivity index (χ2n) is 2.17. The Kier molecular flexibility index (Phi) is 4.89. The van der Waals surface area contributed by atoms with Gasteiger partial charge in [0.15, 0.2) is 0 Å². The van der Waals surface area contributed by atoms with Crippen LogP contribution in [0.4, 0.5) is 4.79 Å². The third-order valence-electron chi connectivity index (χ3n) is 0.677. The predicted molar refractivity (Wildman–Crippen MR) is 40.8 cm³/mol. The second-order valence-corrected chi connectivity index (χ2v) is 3.15. The molecule has 0 atom stereocenters. The van der Waals surface area contributed by atoms with E-state index in [2.05, 4.69) is 4.99 Å². The predicted octanol–water partition coefficient (Wildman–Crippen LogP) is 1.83. The van der Waals surface area contributed by atoms with Crippen LogP contribution in [-0.2, 0) is 4.79 Å². The molecule has 0 aliphatic rings. The fraction of sp³-hybridized carbons (Fsp3) is 0.667. The van der Waals surface area contributed by atoms with E-state index in [1.54, 1.807) is 0 Å². The molecule has 0 fully saturated rings. The van der Waals surface area contributed by atoms with Crippen molar-refractivity contribution in [2.45, 2.75) is 13.8 Å². The minimum atomic E-state index is -0.455. The fourth-order valence-corrected chi connectivity index (χ4v) is 0.885. The van der Waals surface area contributed by atoms with E-state index < -0.39 is 5.24 Å². The molecule has 0 aliphatic carbocycles. The summed E-state index contributed by atoms with van der Waals surface area (Å²) in [4.78, 5) is 22.9. The summed E-state index contributed by atoms with van der Waals surface area (Å²) < 4.78 is 0. The third-order valence-corrected chi connectivity index (χ3v) is 1.85. The van der Waals surface area contributed by atoms with Crippen molar-refractivity contribution in [2.24, 2.45) is 10.9 Å². The van der Waals surface area contributed by atoms with Gasteiger partial charge in [-0.05, 0) is 5.92 Å². The molecule has 0 aromatic rings. The summed E-state index contributed by atoms with van der Waals surface area (Å²) in [5.74, 6) is 1.14. The first-order valence-electron chi connectivity index (χ1n) is 2.91. The third kappa shape index (κ3) is 5.54. The molecule has 3 nitrogen and oxygen atoms in total. The van der Waals surface area contributed by atoms with Crippen molar-refractivity contribution < 1.29 is 9.59 Å². The molecular weight excluding hydrogens is 150 g/mol. The molecule has 0 saturated carbocycles. The van der Waals surface area contributed by atoms with Gasteiger partial charge in [-0.3, -0.25) is 4.79 Å². The van der Waals surface area contributed by atoms with Crippen LogP contribution in [0.15, 0.2) is 4.99 Å². The van der Waals surface area contributed by atoms with Crippen LogP contribution in [0, 0.1) is 5.92 Å². The molecular formula is C6H9NO2S. The first-order valence-corrected chi connectivity index (χ1v) is 3.90. The van der Waals surface area contributed by atoms with Crippen molar-refractivity contribution in [3.63, 3.8) is 0 Å². The summed E-state index contributed by atoms with van der Waals surface area (Å²) in [6.07, 6.45) is 1.20. The van der Waals surface area contributed by atoms with Crippen molar-refractivity contribution in [3.05, 3.63) is 0 Å². The van der Waals surface area contributed by atoms with E-state index in [4.69, 9.17) is 0 Å². The van der Waals surface area contributed by atoms with Gasteiger partial charge in [0.1, 0.15) is 0 Å². The molecule has 0 bridgehead atoms. The first kappa shape index (κ1) is 9.40. The lowest BCUT2D eigenvalue weighted by atomic mass is 10.3. The Hall–Kier alpha value is -0.600. The number of carbonyl (C=O) groups is 1. The SMILES string of the molecule is CC(C)CSC(=O)N=C=O. The summed E-state index contributed by atoms with van der Waals surface area (Å²) >= 11 is 1.04. The van der Waals surface area contributed by atoms with Crippen LogP contribution in [0.2, 0.25) is 0 Å². The van der Waals surface area contributed by atoms with Crippen LogP contribution in [0.1, 0.15) is 13.8 Å². The molecule has 0 aromatic carbocycles. The van der Waals surface area contributed by atoms with Crippen molar-refractivity contribution in [1.29, 1.82) is 0 Å². The van der Waals surface area contributed by atoms with Crippen LogP contribution < -0.4 is 0 Å². The van der Waals surface area contributed by atoms with Gasteiger partial charge < -0.3 is 0 Å². The van der Waals surface area contributed by atoms with Crippen molar-refractivity contribution in [2.75, 3.05) is 5.75 Å². The number of thioether (sulfide) groups is 1. The lowest BCUT2D eigenvalue weighted by molar-refractivity contribution is 0.267. The van der Waals surface area contributed by atoms with E-state index in [-0.39, 0.29) is 0 Å². The summed E-state index contributed by atoms with van der Waals surface area (Å²) in [6, 6.07) is 0. The highest BCUT2D eigenvalue weighted by atomic mass is 32.2. The molecule has 0 rings (SSSR count). The van der Waals surface area contributed by atoms with Gasteiger partial charge in [-0.25, -0.2) is 4.79 Å². The maximum atomic E-state index is 10.5. The Morgan fingerprint density at radius 3 is 2.70 bits per heavy atom. The molecule has 0 radical (unpaired) electrons. The minimum Gasteiger partial charge on any atom is -0.259 e. The van der Waals surface area contributed by atoms with Crippen LogP contribution in [0.5, 0.6) is 0 Å². The first-order chi connectivity index (χ1) is 4.66. The molecule has 4 heteroatoms. The van der Waals surface area contributed by atoms with Crippen LogP contribution >= 0.6 is 11.8 Å². The van der Waals surface area contributed by atoms with Gasteiger partial charge in [-0.15, -0.1) is 4.99 Å². The molecule has 10 heavy (non-hydrogen) atoms. The number of isocyanates is 1. The zero-order valence-electron chi connectivity index (χ0n) is 5.96. The van der Waals surface area contributed by atoms with Crippen LogP contribution in [0.25, 0.3) is 0 Å². The highest BCUT2D eigenvalue weighted by Crippen LogP contribution is 2.09. The van der Waals surface area contributed by atoms with Gasteiger partial charge in [0.2, 0.25) is 6.08 Å². The zero-order valence-corrected chi connectivity index (χ0v) is 6.77. The minimum absolute atomic E-state index is 0.441. The number of hydrogen-bond acceptors (Lipinski definition) is 3. The Morgan fingerprint density at radius 1 is 1.70 bits per heavy atom. The number of aliphatic imine (C=N–C) groups is 1. The van der Waals surface area contributed by atoms with Gasteiger partial charge >= 0.3 is 5.24 Å². The van der Waals surface area contributed by atoms with Crippen molar-refractivity contribution >= 4 is 23.1 Å². The normalized spacial score (nSPS) is 9.10. The van der Waals surface area contributed by atoms with E-state index >= 15 is 0 Å². The fourth-order valence-electron chi connectivity index (χ4n) is 0.307. The number of amides is 1. The second kappa shape index (κ2) is 5.21. The summed E-state index contributed by atoms with van der Waals surface area (Å²) in [5.41, 5.74) is 0. The molecule has 1 amide bonds. The van der Waals surface area contributed by atoms with Gasteiger partial charge in [0.05, 0.1) is 0 Å². The zero-order chi connectivity index (χ0) is 7.98. The summed E-state index contributed by atoms with van der Waals surface area (Å²) in [6.45, 7) is 3.98. The van der Waals surface area contributed by atoms with E-state index in [1.807, 2.05) is 13.8 Å². The quantitative estimate of drug-likeness (QED) is 0.456. The van der Waals surface area contributed by atoms with Crippen molar-refractivity contribution in [1.82, 2.24) is 0 Å². The van der Waals surface area contributed by atoms with Gasteiger partial charge in [0.25, 0.3) is 0 Å². The van der Waals surface area contributed by atoms with Crippen molar-refractivity contribution in [3.8, 4) is 0 Å². The average molecular weight is 159 g/mol. The molecule has 56 valence electrons. The van der Waals surface area contributed by atoms with E-state index in [0.29, 0.717) is 11.7 Å². The number of carbonyl (C=O) groups excluding carboxylic acids is 2. The van der Waals surface area contributed by atoms with E-state index in [1.165, 1.54) is 6.08 Å². The summed E-state index contributed by atoms with van der Waals surface area (Å²) in [5, 5.41) is -0.455. The van der Waals surface area contributed by atoms with E-state index in [0.717, 1.165) is 11.8 Å². The van der Waals surface area contributed by atoms with Crippen LogP contribution in [-0.4, -0.2) is 17.1 Å². The topological polar surface area (TPSA) is 46.5 Å². The number of hydrogen-bond donors (Lipinski definition) is 0. The molecule has 0 N–H and O–H groups in total. The lowest BCUT2D eigenvalue weighted by Gasteiger charge is -1.97. The maximum Gasteiger partial charge on any atom is 0.315 e. The monoisotopic (exact) mass is 159 g/mol. The molecule has 0 spiro atoms. The van der Waals surface area contributed by atoms with Gasteiger partial charge in [0, 0.05) is 5.75 Å². The lowest BCUT2D eigenvalue weighted by Crippen LogP contribution is -1.93. The molecule has 0 aliphatic heterocycles. The number of nitrogens with zero attached hydrogens (tertiary/aromatic N) is 1. The Balaban J connectivity index is 3.50. The largest absolute Gasteiger partial charge is 0.315 e. The Bertz CT molecular complexity index is 161. The molecule has 0 unspecified atom stereocenters. The van der Waals surface area contributed by atoms with Crippen LogP contribution in [0.3, 0.4) is 0 Å². The average Bonchev–Trinajstić information content (AvgIpc) is 1.85. The molecule has 0 saturated heterocycles. The maximum absolute atomic E-state index is 10.5. The Morgan fingerprint density at radius 2 is 2.30 bits per heavy atom. The highest BCUT2D eigenvalue weighted by molar-refractivity contribution is 8.13. The molecule has 0 aromatic heterocycles. The van der Waals surface area contributed by atoms with Gasteiger partial charge in [-0.1, -0.05) is 25.6 Å². The Labute approximate surface area is 63.9 Å². The number of rotatable bonds is 2. The van der Waals surface area contributed by atoms with E-state index in [9.17, 15) is 9.59 Å². The molecule has 0 heterocycles. The summed E-state index contributed by atoms with van der Waals surface area (Å²) in [7, 11) is 0. The smallest absolute Gasteiger partial charge is 0.259 e. The highest BCUT2D eigenvalue weighted by Gasteiger charge is 2.00. The standard InChI is InChI=1S/C6H9NO2S/c1-5(2)3-10-6(9)7-4-8/h5H,3H2,1-2H3.